The summed E-state index contributed by atoms with van der Waals surface area (Å²) in [4.78, 5) is 30.2. The van der Waals surface area contributed by atoms with Gasteiger partial charge in [0, 0.05) is 42.2 Å². The minimum atomic E-state index is -4.73. The van der Waals surface area contributed by atoms with Crippen molar-refractivity contribution in [2.24, 2.45) is 0 Å². The van der Waals surface area contributed by atoms with Crippen LogP contribution in [0.15, 0.2) is 36.7 Å². The first kappa shape index (κ1) is 31.7. The summed E-state index contributed by atoms with van der Waals surface area (Å²) in [6, 6.07) is 0.721. The van der Waals surface area contributed by atoms with E-state index in [0.29, 0.717) is 28.9 Å². The first-order valence-corrected chi connectivity index (χ1v) is 13.7. The largest absolute Gasteiger partial charge is 0.498 e. The molecule has 2 saturated heterocycles. The van der Waals surface area contributed by atoms with E-state index in [0.717, 1.165) is 4.90 Å². The average molecular weight is 624 g/mol. The van der Waals surface area contributed by atoms with Crippen LogP contribution in [0, 0.1) is 11.6 Å². The van der Waals surface area contributed by atoms with E-state index in [1.807, 2.05) is 27.7 Å². The third kappa shape index (κ3) is 5.85. The highest BCUT2D eigenvalue weighted by Gasteiger charge is 2.52. The number of fused-ring (bicyclic) bond motifs is 1. The number of hydrogen-bond donors (Lipinski definition) is 2. The first-order valence-electron chi connectivity index (χ1n) is 13.7. The Labute approximate surface area is 249 Å². The van der Waals surface area contributed by atoms with E-state index < -0.39 is 77.9 Å². The zero-order valence-corrected chi connectivity index (χ0v) is 24.2. The zero-order chi connectivity index (χ0) is 32.2. The van der Waals surface area contributed by atoms with Crippen LogP contribution in [0.1, 0.15) is 43.7 Å². The van der Waals surface area contributed by atoms with Crippen molar-refractivity contribution in [2.45, 2.75) is 63.6 Å². The Kier molecular flexibility index (Phi) is 8.14. The number of anilines is 1. The number of morpholine rings is 1. The fourth-order valence-electron chi connectivity index (χ4n) is 5.18. The van der Waals surface area contributed by atoms with Gasteiger partial charge < -0.3 is 33.8 Å². The van der Waals surface area contributed by atoms with Gasteiger partial charge in [-0.25, -0.2) is 18.6 Å². The van der Waals surface area contributed by atoms with E-state index in [-0.39, 0.29) is 19.6 Å². The van der Waals surface area contributed by atoms with Crippen molar-refractivity contribution in [1.29, 1.82) is 0 Å². The number of halogens is 5. The molecule has 2 atom stereocenters. The van der Waals surface area contributed by atoms with E-state index in [4.69, 9.17) is 14.0 Å². The smallest absolute Gasteiger partial charge is 0.480 e. The molecule has 0 saturated carbocycles. The maximum Gasteiger partial charge on any atom is 0.498 e. The summed E-state index contributed by atoms with van der Waals surface area (Å²) in [6.07, 6.45) is -1.97. The van der Waals surface area contributed by atoms with Crippen LogP contribution in [-0.2, 0) is 25.3 Å². The molecule has 1 amide bonds. The van der Waals surface area contributed by atoms with Gasteiger partial charge in [-0.2, -0.15) is 13.2 Å². The molecule has 2 fully saturated rings. The van der Waals surface area contributed by atoms with Gasteiger partial charge in [0.2, 0.25) is 0 Å². The highest BCUT2D eigenvalue weighted by atomic mass is 19.4. The van der Waals surface area contributed by atoms with Gasteiger partial charge in [-0.3, -0.25) is 4.79 Å². The summed E-state index contributed by atoms with van der Waals surface area (Å²) < 4.78 is 89.3. The minimum absolute atomic E-state index is 0.0970. The number of carbonyl (C=O) groups excluding carboxylic acids is 1. The zero-order valence-electron chi connectivity index (χ0n) is 24.2. The second-order valence-corrected chi connectivity index (χ2v) is 11.7. The fraction of sp³-hybridized carbons (Fsp3) is 0.464. The molecule has 5 rings (SSSR count). The van der Waals surface area contributed by atoms with Crippen LogP contribution in [0.5, 0.6) is 0 Å². The van der Waals surface area contributed by atoms with Crippen molar-refractivity contribution in [3.05, 3.63) is 59.6 Å². The van der Waals surface area contributed by atoms with Gasteiger partial charge in [-0.15, -0.1) is 0 Å². The lowest BCUT2D eigenvalue weighted by molar-refractivity contribution is -0.167. The van der Waals surface area contributed by atoms with Gasteiger partial charge in [0.15, 0.2) is 0 Å². The minimum Gasteiger partial charge on any atom is -0.480 e. The maximum absolute atomic E-state index is 15.1. The normalized spacial score (nSPS) is 20.6. The van der Waals surface area contributed by atoms with Crippen LogP contribution < -0.4 is 15.7 Å². The number of ether oxygens (including phenoxy) is 1. The molecule has 1 aromatic carbocycles. The van der Waals surface area contributed by atoms with Crippen LogP contribution in [0.3, 0.4) is 0 Å². The standard InChI is InChI=1S/C28H30BF5N4O6/c1-26(2)27(3,4)44-29(43-26)17-6-5-15(38-8-7-35-23(17)38)13-20(25(40)41)36-24(39)22-18(30)11-16(12-19(22)31)37-9-10-42-14-21(37)28(32,33)34/h5-8,11-12,20-21H,9-10,13-14H2,1-4H3,(H,36,39)(H,40,41)/t20-,21+/m0/s1. The molecule has 3 aromatic rings. The van der Waals surface area contributed by atoms with E-state index in [9.17, 15) is 27.9 Å². The average Bonchev–Trinajstić information content (AvgIpc) is 3.49. The Hall–Kier alpha value is -3.76. The summed E-state index contributed by atoms with van der Waals surface area (Å²) >= 11 is 0. The number of aromatic nitrogens is 2. The van der Waals surface area contributed by atoms with Crippen LogP contribution in [0.25, 0.3) is 5.65 Å². The predicted octanol–water partition coefficient (Wildman–Crippen LogP) is 3.10. The Balaban J connectivity index is 1.37. The van der Waals surface area contributed by atoms with Crippen molar-refractivity contribution < 1.29 is 50.7 Å². The van der Waals surface area contributed by atoms with Crippen molar-refractivity contribution in [1.82, 2.24) is 14.7 Å². The van der Waals surface area contributed by atoms with Crippen LogP contribution in [-0.4, -0.2) is 82.7 Å². The highest BCUT2D eigenvalue weighted by molar-refractivity contribution is 6.64. The molecule has 0 radical (unpaired) electrons. The number of carboxylic acid groups (broad SMARTS) is 1. The van der Waals surface area contributed by atoms with Crippen LogP contribution in [0.4, 0.5) is 27.6 Å². The van der Waals surface area contributed by atoms with E-state index in [1.54, 1.807) is 22.7 Å². The number of amides is 1. The van der Waals surface area contributed by atoms with Gasteiger partial charge in [-0.1, -0.05) is 6.07 Å². The molecule has 16 heteroatoms. The molecular weight excluding hydrogens is 594 g/mol. The number of imidazole rings is 1. The Bertz CT molecular complexity index is 1560. The van der Waals surface area contributed by atoms with E-state index in [1.165, 1.54) is 6.20 Å². The van der Waals surface area contributed by atoms with Gasteiger partial charge in [-0.05, 0) is 45.9 Å². The second kappa shape index (κ2) is 11.3. The summed E-state index contributed by atoms with van der Waals surface area (Å²) in [7, 11) is -0.758. The summed E-state index contributed by atoms with van der Waals surface area (Å²) in [5.74, 6) is -5.76. The number of alkyl halides is 3. The lowest BCUT2D eigenvalue weighted by Crippen LogP contribution is -2.53. The van der Waals surface area contributed by atoms with Crippen molar-refractivity contribution in [3.63, 3.8) is 0 Å². The fourth-order valence-corrected chi connectivity index (χ4v) is 5.18. The van der Waals surface area contributed by atoms with Crippen LogP contribution >= 0.6 is 0 Å². The molecule has 0 spiro atoms. The predicted molar refractivity (Wildman–Crippen MR) is 148 cm³/mol. The van der Waals surface area contributed by atoms with Gasteiger partial charge in [0.1, 0.15) is 34.9 Å². The van der Waals surface area contributed by atoms with Gasteiger partial charge >= 0.3 is 19.3 Å². The molecule has 4 heterocycles. The number of nitrogens with zero attached hydrogens (tertiary/aromatic N) is 3. The van der Waals surface area contributed by atoms with Gasteiger partial charge in [0.05, 0.1) is 24.4 Å². The van der Waals surface area contributed by atoms with Crippen molar-refractivity contribution >= 4 is 35.8 Å². The molecule has 0 aliphatic carbocycles. The summed E-state index contributed by atoms with van der Waals surface area (Å²) in [5.41, 5.74) is -1.39. The SMILES string of the molecule is CC1(C)OB(c2ccc(C[C@H](NC(=O)c3c(F)cc(N4CCOC[C@@H]4C(F)(F)F)cc3F)C(=O)O)n3ccnc23)OC1(C)C. The van der Waals surface area contributed by atoms with Crippen molar-refractivity contribution in [3.8, 4) is 0 Å². The lowest BCUT2D eigenvalue weighted by atomic mass is 9.79. The molecule has 0 unspecified atom stereocenters. The molecule has 2 aliphatic rings. The number of pyridine rings is 1. The number of rotatable bonds is 7. The number of carboxylic acids is 1. The number of carbonyl (C=O) groups is 2. The van der Waals surface area contributed by atoms with Crippen molar-refractivity contribution in [2.75, 3.05) is 24.7 Å². The van der Waals surface area contributed by atoms with Crippen LogP contribution in [0.2, 0.25) is 0 Å². The van der Waals surface area contributed by atoms with E-state index >= 15 is 8.78 Å². The third-order valence-corrected chi connectivity index (χ3v) is 8.28. The Morgan fingerprint density at radius 1 is 1.14 bits per heavy atom. The molecule has 236 valence electrons. The monoisotopic (exact) mass is 624 g/mol. The molecule has 44 heavy (non-hydrogen) atoms. The molecule has 2 N–H and O–H groups in total. The molecule has 2 aliphatic heterocycles. The molecule has 10 nitrogen and oxygen atoms in total. The van der Waals surface area contributed by atoms with Gasteiger partial charge in [0.25, 0.3) is 5.91 Å². The molecule has 2 aromatic heterocycles. The first-order chi connectivity index (χ1) is 20.5. The third-order valence-electron chi connectivity index (χ3n) is 8.28. The highest BCUT2D eigenvalue weighted by Crippen LogP contribution is 2.37. The number of hydrogen-bond acceptors (Lipinski definition) is 7. The second-order valence-electron chi connectivity index (χ2n) is 11.7. The number of nitrogens with one attached hydrogen (secondary N) is 1. The Morgan fingerprint density at radius 3 is 2.36 bits per heavy atom. The quantitative estimate of drug-likeness (QED) is 0.305. The number of benzene rings is 1. The lowest BCUT2D eigenvalue weighted by Gasteiger charge is -2.38. The Morgan fingerprint density at radius 2 is 1.77 bits per heavy atom. The molecular formula is C28H30BF5N4O6. The van der Waals surface area contributed by atoms with E-state index in [2.05, 4.69) is 10.3 Å². The summed E-state index contributed by atoms with van der Waals surface area (Å²) in [5, 5.41) is 12.0. The number of aliphatic carboxylic acids is 1. The molecule has 0 bridgehead atoms. The maximum atomic E-state index is 15.1. The summed E-state index contributed by atoms with van der Waals surface area (Å²) in [6.45, 7) is 6.47. The topological polar surface area (TPSA) is 115 Å².